The molecule has 0 spiro atoms. The second-order valence-corrected chi connectivity index (χ2v) is 5.04. The van der Waals surface area contributed by atoms with Crippen LogP contribution in [0.25, 0.3) is 0 Å². The number of halogens is 1. The molecule has 2 rings (SSSR count). The maximum absolute atomic E-state index is 12.1. The second kappa shape index (κ2) is 6.74. The molecule has 20 heavy (non-hydrogen) atoms. The molecule has 1 heterocycles. The van der Waals surface area contributed by atoms with Gasteiger partial charge in [0, 0.05) is 18.3 Å². The first kappa shape index (κ1) is 14.8. The van der Waals surface area contributed by atoms with Gasteiger partial charge in [-0.05, 0) is 19.3 Å². The van der Waals surface area contributed by atoms with Crippen LogP contribution >= 0.6 is 11.6 Å². The molecule has 0 saturated heterocycles. The number of methoxy groups -OCH3 is 1. The molecule has 1 aromatic rings. The summed E-state index contributed by atoms with van der Waals surface area (Å²) in [6.07, 6.45) is 4.32. The Hall–Kier alpha value is -1.56. The molecule has 0 radical (unpaired) electrons. The van der Waals surface area contributed by atoms with Crippen LogP contribution in [0.15, 0.2) is 10.7 Å². The number of alkyl halides is 1. The highest BCUT2D eigenvalue weighted by Crippen LogP contribution is 2.29. The molecule has 0 aromatic carbocycles. The zero-order valence-electron chi connectivity index (χ0n) is 11.3. The molecule has 1 aliphatic carbocycles. The minimum Gasteiger partial charge on any atom is -0.464 e. The Kier molecular flexibility index (Phi) is 5.00. The fourth-order valence-electron chi connectivity index (χ4n) is 1.90. The molecular weight excluding hydrogens is 284 g/mol. The van der Waals surface area contributed by atoms with E-state index in [-0.39, 0.29) is 24.2 Å². The van der Waals surface area contributed by atoms with Crippen LogP contribution in [-0.4, -0.2) is 40.8 Å². The Bertz CT molecular complexity index is 484. The lowest BCUT2D eigenvalue weighted by atomic mass is 10.3. The molecule has 7 heteroatoms. The van der Waals surface area contributed by atoms with E-state index in [4.69, 9.17) is 16.0 Å². The molecule has 0 aliphatic heterocycles. The molecule has 1 fully saturated rings. The van der Waals surface area contributed by atoms with Gasteiger partial charge in [-0.3, -0.25) is 4.79 Å². The Morgan fingerprint density at radius 2 is 2.30 bits per heavy atom. The minimum absolute atomic E-state index is 0.0472. The van der Waals surface area contributed by atoms with Crippen molar-refractivity contribution in [1.29, 1.82) is 0 Å². The van der Waals surface area contributed by atoms with Crippen LogP contribution in [0.5, 0.6) is 0 Å². The molecular formula is C13H17ClN2O4. The van der Waals surface area contributed by atoms with Crippen LogP contribution in [-0.2, 0) is 16.1 Å². The fraction of sp³-hybridized carbons (Fsp3) is 0.615. The van der Waals surface area contributed by atoms with Gasteiger partial charge >= 0.3 is 5.97 Å². The van der Waals surface area contributed by atoms with Gasteiger partial charge in [-0.1, -0.05) is 0 Å². The number of rotatable bonds is 7. The third kappa shape index (κ3) is 3.72. The zero-order chi connectivity index (χ0) is 14.5. The smallest absolute Gasteiger partial charge is 0.360 e. The fourth-order valence-corrected chi connectivity index (χ4v) is 2.03. The molecule has 0 N–H and O–H groups in total. The van der Waals surface area contributed by atoms with E-state index in [1.54, 1.807) is 4.90 Å². The Labute approximate surface area is 122 Å². The normalized spacial score (nSPS) is 14.1. The van der Waals surface area contributed by atoms with Gasteiger partial charge in [-0.25, -0.2) is 9.78 Å². The predicted octanol–water partition coefficient (Wildman–Crippen LogP) is 1.97. The van der Waals surface area contributed by atoms with Gasteiger partial charge in [-0.2, -0.15) is 0 Å². The highest BCUT2D eigenvalue weighted by Gasteiger charge is 2.33. The lowest BCUT2D eigenvalue weighted by Crippen LogP contribution is -2.32. The number of amides is 1. The lowest BCUT2D eigenvalue weighted by molar-refractivity contribution is -0.132. The summed E-state index contributed by atoms with van der Waals surface area (Å²) in [6, 6.07) is 0.256. The quantitative estimate of drug-likeness (QED) is 0.568. The summed E-state index contributed by atoms with van der Waals surface area (Å²) in [5.41, 5.74) is 0.117. The van der Waals surface area contributed by atoms with Crippen molar-refractivity contribution >= 4 is 23.5 Å². The number of esters is 1. The van der Waals surface area contributed by atoms with Crippen molar-refractivity contribution in [1.82, 2.24) is 9.88 Å². The molecule has 110 valence electrons. The van der Waals surface area contributed by atoms with Crippen molar-refractivity contribution in [2.75, 3.05) is 13.0 Å². The van der Waals surface area contributed by atoms with Crippen molar-refractivity contribution in [3.63, 3.8) is 0 Å². The van der Waals surface area contributed by atoms with Gasteiger partial charge in [0.1, 0.15) is 6.26 Å². The van der Waals surface area contributed by atoms with Crippen LogP contribution in [0.3, 0.4) is 0 Å². The number of hydrogen-bond donors (Lipinski definition) is 0. The number of carbonyl (C=O) groups excluding carboxylic acids is 2. The topological polar surface area (TPSA) is 72.6 Å². The predicted molar refractivity (Wildman–Crippen MR) is 71.4 cm³/mol. The maximum Gasteiger partial charge on any atom is 0.360 e. The van der Waals surface area contributed by atoms with Crippen molar-refractivity contribution in [2.45, 2.75) is 38.3 Å². The maximum atomic E-state index is 12.1. The molecule has 1 amide bonds. The number of aromatic nitrogens is 1. The molecule has 1 aliphatic rings. The Balaban J connectivity index is 1.99. The summed E-state index contributed by atoms with van der Waals surface area (Å²) in [4.78, 5) is 29.2. The Morgan fingerprint density at radius 3 is 2.90 bits per heavy atom. The van der Waals surface area contributed by atoms with E-state index in [1.807, 2.05) is 0 Å². The molecule has 6 nitrogen and oxygen atoms in total. The SMILES string of the molecule is COC(=O)c1coc(CN(C(=O)CCCCl)C2CC2)n1. The lowest BCUT2D eigenvalue weighted by Gasteiger charge is -2.20. The van der Waals surface area contributed by atoms with Crippen molar-refractivity contribution < 1.29 is 18.7 Å². The van der Waals surface area contributed by atoms with Crippen molar-refractivity contribution in [3.8, 4) is 0 Å². The average molecular weight is 301 g/mol. The summed E-state index contributed by atoms with van der Waals surface area (Å²) in [5, 5.41) is 0. The summed E-state index contributed by atoms with van der Waals surface area (Å²) in [7, 11) is 1.28. The van der Waals surface area contributed by atoms with Gasteiger partial charge in [0.2, 0.25) is 11.8 Å². The largest absolute Gasteiger partial charge is 0.464 e. The van der Waals surface area contributed by atoms with E-state index >= 15 is 0 Å². The molecule has 1 aromatic heterocycles. The monoisotopic (exact) mass is 300 g/mol. The number of nitrogens with zero attached hydrogens (tertiary/aromatic N) is 2. The third-order valence-electron chi connectivity index (χ3n) is 3.08. The molecule has 1 saturated carbocycles. The van der Waals surface area contributed by atoms with Crippen LogP contribution < -0.4 is 0 Å². The highest BCUT2D eigenvalue weighted by molar-refractivity contribution is 6.17. The molecule has 0 atom stereocenters. The first-order valence-corrected chi connectivity index (χ1v) is 7.07. The summed E-state index contributed by atoms with van der Waals surface area (Å²) in [6.45, 7) is 0.281. The van der Waals surface area contributed by atoms with Gasteiger partial charge in [0.15, 0.2) is 5.69 Å². The first-order chi connectivity index (χ1) is 9.65. The second-order valence-electron chi connectivity index (χ2n) is 4.66. The zero-order valence-corrected chi connectivity index (χ0v) is 12.1. The van der Waals surface area contributed by atoms with E-state index in [2.05, 4.69) is 9.72 Å². The molecule has 0 bridgehead atoms. The van der Waals surface area contributed by atoms with E-state index in [0.717, 1.165) is 12.8 Å². The van der Waals surface area contributed by atoms with E-state index in [0.29, 0.717) is 24.6 Å². The standard InChI is InChI=1S/C13H17ClN2O4/c1-19-13(18)10-8-20-11(15-10)7-16(9-4-5-9)12(17)3-2-6-14/h8-9H,2-7H2,1H3. The highest BCUT2D eigenvalue weighted by atomic mass is 35.5. The third-order valence-corrected chi connectivity index (χ3v) is 3.35. The molecule has 0 unspecified atom stereocenters. The number of hydrogen-bond acceptors (Lipinski definition) is 5. The van der Waals surface area contributed by atoms with Crippen LogP contribution in [0, 0.1) is 0 Å². The number of ether oxygens (including phenoxy) is 1. The Morgan fingerprint density at radius 1 is 1.55 bits per heavy atom. The average Bonchev–Trinajstić information content (AvgIpc) is 3.19. The van der Waals surface area contributed by atoms with E-state index < -0.39 is 5.97 Å². The van der Waals surface area contributed by atoms with Gasteiger partial charge in [-0.15, -0.1) is 11.6 Å². The van der Waals surface area contributed by atoms with Gasteiger partial charge in [0.05, 0.1) is 13.7 Å². The van der Waals surface area contributed by atoms with Crippen molar-refractivity contribution in [3.05, 3.63) is 17.8 Å². The van der Waals surface area contributed by atoms with E-state index in [1.165, 1.54) is 13.4 Å². The summed E-state index contributed by atoms with van der Waals surface area (Å²) >= 11 is 5.61. The van der Waals surface area contributed by atoms with Gasteiger partial charge < -0.3 is 14.1 Å². The van der Waals surface area contributed by atoms with E-state index in [9.17, 15) is 9.59 Å². The van der Waals surface area contributed by atoms with Crippen LogP contribution in [0.2, 0.25) is 0 Å². The number of carbonyl (C=O) groups is 2. The van der Waals surface area contributed by atoms with Crippen LogP contribution in [0.4, 0.5) is 0 Å². The minimum atomic E-state index is -0.550. The number of oxazole rings is 1. The summed E-state index contributed by atoms with van der Waals surface area (Å²) < 4.78 is 9.78. The summed E-state index contributed by atoms with van der Waals surface area (Å²) in [5.74, 6) is 0.310. The van der Waals surface area contributed by atoms with Crippen LogP contribution in [0.1, 0.15) is 42.1 Å². The van der Waals surface area contributed by atoms with Crippen molar-refractivity contribution in [2.24, 2.45) is 0 Å². The van der Waals surface area contributed by atoms with Gasteiger partial charge in [0.25, 0.3) is 0 Å². The first-order valence-electron chi connectivity index (χ1n) is 6.54.